The van der Waals surface area contributed by atoms with Gasteiger partial charge in [-0.05, 0) is 29.7 Å². The van der Waals surface area contributed by atoms with Gasteiger partial charge in [0.05, 0.1) is 27.8 Å². The lowest BCUT2D eigenvalue weighted by Gasteiger charge is -2.12. The molecule has 42 heavy (non-hydrogen) atoms. The first kappa shape index (κ1) is 22.9. The van der Waals surface area contributed by atoms with E-state index in [4.69, 9.17) is 14.4 Å². The van der Waals surface area contributed by atoms with E-state index in [9.17, 15) is 0 Å². The van der Waals surface area contributed by atoms with E-state index in [0.717, 1.165) is 77.0 Å². The normalized spacial score (nSPS) is 11.8. The van der Waals surface area contributed by atoms with Gasteiger partial charge in [-0.25, -0.2) is 9.97 Å². The van der Waals surface area contributed by atoms with Crippen LogP contribution in [0.4, 0.5) is 0 Å². The van der Waals surface area contributed by atoms with Crippen molar-refractivity contribution in [2.45, 2.75) is 0 Å². The Balaban J connectivity index is 1.51. The molecule has 0 atom stereocenters. The number of nitrogens with zero attached hydrogens (tertiary/aromatic N) is 4. The first-order valence-corrected chi connectivity index (χ1v) is 14.0. The van der Waals surface area contributed by atoms with Crippen LogP contribution < -0.4 is 0 Å². The summed E-state index contributed by atoms with van der Waals surface area (Å²) in [5, 5.41) is 6.43. The van der Waals surface area contributed by atoms with Crippen molar-refractivity contribution in [3.8, 4) is 28.5 Å². The van der Waals surface area contributed by atoms with Gasteiger partial charge in [-0.2, -0.15) is 0 Å². The number of aromatic nitrogens is 4. The van der Waals surface area contributed by atoms with Gasteiger partial charge in [0.15, 0.2) is 0 Å². The quantitative estimate of drug-likeness (QED) is 0.225. The third kappa shape index (κ3) is 3.28. The van der Waals surface area contributed by atoms with E-state index < -0.39 is 0 Å². The van der Waals surface area contributed by atoms with Crippen LogP contribution in [-0.4, -0.2) is 19.5 Å². The summed E-state index contributed by atoms with van der Waals surface area (Å²) in [6, 6.07) is 41.5. The third-order valence-electron chi connectivity index (χ3n) is 8.10. The Kier molecular flexibility index (Phi) is 4.83. The SMILES string of the molecule is c1ccc(-c2cc(-c3ccccc3)nc(-n3c4ccccc4c4c5ccncc5c5oc6ccccc6c5c43)n2)cc1. The molecule has 0 saturated carbocycles. The minimum absolute atomic E-state index is 0.612. The van der Waals surface area contributed by atoms with Gasteiger partial charge < -0.3 is 4.42 Å². The summed E-state index contributed by atoms with van der Waals surface area (Å²) >= 11 is 0. The lowest BCUT2D eigenvalue weighted by molar-refractivity contribution is 0.672. The fourth-order valence-electron chi connectivity index (χ4n) is 6.27. The van der Waals surface area contributed by atoms with Crippen molar-refractivity contribution in [3.05, 3.63) is 134 Å². The summed E-state index contributed by atoms with van der Waals surface area (Å²) in [5.41, 5.74) is 7.52. The number of para-hydroxylation sites is 2. The Labute approximate surface area is 240 Å². The molecule has 5 nitrogen and oxygen atoms in total. The maximum absolute atomic E-state index is 6.55. The van der Waals surface area contributed by atoms with E-state index in [1.54, 1.807) is 0 Å². The van der Waals surface area contributed by atoms with E-state index >= 15 is 0 Å². The average molecular weight is 539 g/mol. The summed E-state index contributed by atoms with van der Waals surface area (Å²) < 4.78 is 8.77. The van der Waals surface area contributed by atoms with Gasteiger partial charge in [-0.15, -0.1) is 0 Å². The largest absolute Gasteiger partial charge is 0.455 e. The molecule has 0 spiro atoms. The molecule has 5 heteroatoms. The number of fused-ring (bicyclic) bond motifs is 10. The van der Waals surface area contributed by atoms with Crippen LogP contribution in [0.2, 0.25) is 0 Å². The molecular formula is C37H22N4O. The highest BCUT2D eigenvalue weighted by atomic mass is 16.3. The Bertz CT molecular complexity index is 2400. The van der Waals surface area contributed by atoms with Crippen molar-refractivity contribution in [2.24, 2.45) is 0 Å². The van der Waals surface area contributed by atoms with Crippen LogP contribution in [0.15, 0.2) is 138 Å². The van der Waals surface area contributed by atoms with E-state index in [1.165, 1.54) is 0 Å². The number of rotatable bonds is 3. The third-order valence-corrected chi connectivity index (χ3v) is 8.10. The minimum atomic E-state index is 0.612. The molecule has 4 heterocycles. The molecule has 0 saturated heterocycles. The molecular weight excluding hydrogens is 516 g/mol. The van der Waals surface area contributed by atoms with E-state index in [1.807, 2.05) is 60.9 Å². The Morgan fingerprint density at radius 2 is 1.19 bits per heavy atom. The highest BCUT2D eigenvalue weighted by molar-refractivity contribution is 6.35. The van der Waals surface area contributed by atoms with Gasteiger partial charge in [0.2, 0.25) is 5.95 Å². The zero-order valence-corrected chi connectivity index (χ0v) is 22.4. The van der Waals surface area contributed by atoms with E-state index in [2.05, 4.69) is 82.3 Å². The molecule has 0 unspecified atom stereocenters. The second-order valence-electron chi connectivity index (χ2n) is 10.5. The Morgan fingerprint density at radius 3 is 1.93 bits per heavy atom. The van der Waals surface area contributed by atoms with Crippen molar-refractivity contribution < 1.29 is 4.42 Å². The van der Waals surface area contributed by atoms with Gasteiger partial charge >= 0.3 is 0 Å². The van der Waals surface area contributed by atoms with Crippen LogP contribution in [0, 0.1) is 0 Å². The van der Waals surface area contributed by atoms with Gasteiger partial charge in [-0.1, -0.05) is 97.1 Å². The van der Waals surface area contributed by atoms with Crippen molar-refractivity contribution in [1.82, 2.24) is 19.5 Å². The first-order valence-electron chi connectivity index (χ1n) is 14.0. The average Bonchev–Trinajstić information content (AvgIpc) is 3.62. The monoisotopic (exact) mass is 538 g/mol. The minimum Gasteiger partial charge on any atom is -0.455 e. The summed E-state index contributed by atoms with van der Waals surface area (Å²) in [6.07, 6.45) is 3.76. The molecule has 0 amide bonds. The predicted molar refractivity (Wildman–Crippen MR) is 170 cm³/mol. The first-order chi connectivity index (χ1) is 20.8. The van der Waals surface area contributed by atoms with E-state index in [-0.39, 0.29) is 0 Å². The Morgan fingerprint density at radius 1 is 0.548 bits per heavy atom. The molecule has 0 radical (unpaired) electrons. The lowest BCUT2D eigenvalue weighted by atomic mass is 10.0. The molecule has 5 aromatic carbocycles. The van der Waals surface area contributed by atoms with Crippen molar-refractivity contribution >= 4 is 54.5 Å². The highest BCUT2D eigenvalue weighted by Gasteiger charge is 2.24. The number of furan rings is 1. The van der Waals surface area contributed by atoms with Crippen LogP contribution in [0.1, 0.15) is 0 Å². The molecule has 0 bridgehead atoms. The standard InChI is InChI=1S/C37H22N4O/c1-3-11-23(12-4-1)29-21-30(24-13-5-2-6-14-24)40-37(39-29)41-31-17-9-7-15-26(31)33-25-19-20-38-22-28(25)36-34(35(33)41)27-16-8-10-18-32(27)42-36/h1-22H. The molecule has 0 aliphatic heterocycles. The van der Waals surface area contributed by atoms with Crippen molar-refractivity contribution in [1.29, 1.82) is 0 Å². The smallest absolute Gasteiger partial charge is 0.235 e. The van der Waals surface area contributed by atoms with Crippen LogP contribution in [-0.2, 0) is 0 Å². The molecule has 0 fully saturated rings. The predicted octanol–water partition coefficient (Wildman–Crippen LogP) is 9.36. The zero-order valence-electron chi connectivity index (χ0n) is 22.4. The van der Waals surface area contributed by atoms with Gasteiger partial charge in [0, 0.05) is 45.1 Å². The summed E-state index contributed by atoms with van der Waals surface area (Å²) in [5.74, 6) is 0.612. The fraction of sp³-hybridized carbons (Fsp3) is 0. The molecule has 0 N–H and O–H groups in total. The fourth-order valence-corrected chi connectivity index (χ4v) is 6.27. The molecule has 0 aliphatic carbocycles. The molecule has 9 aromatic rings. The van der Waals surface area contributed by atoms with Gasteiger partial charge in [-0.3, -0.25) is 9.55 Å². The zero-order chi connectivity index (χ0) is 27.6. The Hall–Kier alpha value is -5.81. The summed E-state index contributed by atoms with van der Waals surface area (Å²) in [6.45, 7) is 0. The van der Waals surface area contributed by atoms with Gasteiger partial charge in [0.25, 0.3) is 0 Å². The topological polar surface area (TPSA) is 56.7 Å². The number of pyridine rings is 1. The second kappa shape index (κ2) is 8.85. The van der Waals surface area contributed by atoms with Crippen LogP contribution >= 0.6 is 0 Å². The summed E-state index contributed by atoms with van der Waals surface area (Å²) in [7, 11) is 0. The number of benzene rings is 5. The van der Waals surface area contributed by atoms with E-state index in [0.29, 0.717) is 5.95 Å². The lowest BCUT2D eigenvalue weighted by Crippen LogP contribution is -2.04. The molecule has 196 valence electrons. The maximum atomic E-state index is 6.55. The molecule has 9 rings (SSSR count). The summed E-state index contributed by atoms with van der Waals surface area (Å²) in [4.78, 5) is 14.9. The molecule has 4 aromatic heterocycles. The maximum Gasteiger partial charge on any atom is 0.235 e. The second-order valence-corrected chi connectivity index (χ2v) is 10.5. The van der Waals surface area contributed by atoms with Crippen LogP contribution in [0.5, 0.6) is 0 Å². The van der Waals surface area contributed by atoms with Crippen molar-refractivity contribution in [3.63, 3.8) is 0 Å². The number of hydrogen-bond acceptors (Lipinski definition) is 4. The van der Waals surface area contributed by atoms with Crippen LogP contribution in [0.25, 0.3) is 83.0 Å². The highest BCUT2D eigenvalue weighted by Crippen LogP contribution is 2.45. The number of hydrogen-bond donors (Lipinski definition) is 0. The van der Waals surface area contributed by atoms with Crippen LogP contribution in [0.3, 0.4) is 0 Å². The molecule has 0 aliphatic rings. The van der Waals surface area contributed by atoms with Crippen molar-refractivity contribution in [2.75, 3.05) is 0 Å². The van der Waals surface area contributed by atoms with Gasteiger partial charge in [0.1, 0.15) is 11.2 Å².